The minimum atomic E-state index is -1.20. The van der Waals surface area contributed by atoms with Crippen molar-refractivity contribution >= 4 is 23.5 Å². The van der Waals surface area contributed by atoms with Gasteiger partial charge >= 0.3 is 5.97 Å². The van der Waals surface area contributed by atoms with Gasteiger partial charge in [0, 0.05) is 22.7 Å². The van der Waals surface area contributed by atoms with Crippen LogP contribution in [0.25, 0.3) is 11.1 Å². The SMILES string of the molecule is Cc1nc(CNC(=O)CC(C)(C)C)c(C)c(-c2ccc(Cl)cc2)c1[C@H](OC(C)(C)C)C(=O)O. The van der Waals surface area contributed by atoms with E-state index < -0.39 is 17.7 Å². The van der Waals surface area contributed by atoms with Crippen molar-refractivity contribution < 1.29 is 19.4 Å². The Morgan fingerprint density at radius 2 is 1.67 bits per heavy atom. The number of carbonyl (C=O) groups excluding carboxylic acids is 1. The Bertz CT molecular complexity index is 1020. The normalized spacial score (nSPS) is 13.0. The molecule has 0 radical (unpaired) electrons. The molecule has 2 N–H and O–H groups in total. The molecular weight excluding hydrogens is 440 g/mol. The van der Waals surface area contributed by atoms with Gasteiger partial charge in [-0.1, -0.05) is 44.5 Å². The lowest BCUT2D eigenvalue weighted by Crippen LogP contribution is -2.30. The van der Waals surface area contributed by atoms with Crippen LogP contribution >= 0.6 is 11.6 Å². The highest BCUT2D eigenvalue weighted by molar-refractivity contribution is 6.30. The molecule has 0 saturated heterocycles. The lowest BCUT2D eigenvalue weighted by Gasteiger charge is -2.29. The fraction of sp³-hybridized carbons (Fsp3) is 0.500. The summed E-state index contributed by atoms with van der Waals surface area (Å²) < 4.78 is 5.96. The van der Waals surface area contributed by atoms with Crippen molar-refractivity contribution in [2.45, 2.75) is 80.1 Å². The smallest absolute Gasteiger partial charge is 0.337 e. The second-order valence-electron chi connectivity index (χ2n) is 10.5. The Morgan fingerprint density at radius 3 is 2.15 bits per heavy atom. The Kier molecular flexibility index (Phi) is 8.31. The maximum atomic E-state index is 12.4. The summed E-state index contributed by atoms with van der Waals surface area (Å²) in [5, 5.41) is 13.6. The zero-order chi connectivity index (χ0) is 25.1. The number of aliphatic carboxylic acids is 1. The fourth-order valence-corrected chi connectivity index (χ4v) is 3.79. The second kappa shape index (κ2) is 10.2. The molecule has 7 heteroatoms. The summed E-state index contributed by atoms with van der Waals surface area (Å²) in [5.41, 5.74) is 3.25. The fourth-order valence-electron chi connectivity index (χ4n) is 3.67. The van der Waals surface area contributed by atoms with Crippen LogP contribution in [-0.4, -0.2) is 27.6 Å². The number of carbonyl (C=O) groups is 2. The lowest BCUT2D eigenvalue weighted by atomic mass is 9.89. The van der Waals surface area contributed by atoms with Crippen molar-refractivity contribution in [3.8, 4) is 11.1 Å². The Labute approximate surface area is 201 Å². The van der Waals surface area contributed by atoms with Crippen LogP contribution in [0.2, 0.25) is 5.02 Å². The predicted molar refractivity (Wildman–Crippen MR) is 131 cm³/mol. The molecule has 1 atom stereocenters. The molecule has 0 fully saturated rings. The van der Waals surface area contributed by atoms with Crippen molar-refractivity contribution in [3.63, 3.8) is 0 Å². The average molecular weight is 475 g/mol. The van der Waals surface area contributed by atoms with E-state index in [1.807, 2.05) is 60.6 Å². The van der Waals surface area contributed by atoms with Crippen LogP contribution in [-0.2, 0) is 20.9 Å². The first-order chi connectivity index (χ1) is 15.1. The summed E-state index contributed by atoms with van der Waals surface area (Å²) in [6, 6.07) is 7.24. The number of aromatic nitrogens is 1. The minimum Gasteiger partial charge on any atom is -0.479 e. The third-order valence-electron chi connectivity index (χ3n) is 5.00. The summed E-state index contributed by atoms with van der Waals surface area (Å²) in [6.45, 7) is 15.4. The quantitative estimate of drug-likeness (QED) is 0.512. The first kappa shape index (κ1) is 26.8. The molecule has 0 aliphatic carbocycles. The molecule has 33 heavy (non-hydrogen) atoms. The predicted octanol–water partition coefficient (Wildman–Crippen LogP) is 6.01. The number of hydrogen-bond donors (Lipinski definition) is 2. The van der Waals surface area contributed by atoms with Crippen molar-refractivity contribution in [1.29, 1.82) is 0 Å². The Hall–Kier alpha value is -2.44. The molecule has 2 rings (SSSR count). The second-order valence-corrected chi connectivity index (χ2v) is 11.0. The van der Waals surface area contributed by atoms with E-state index in [1.165, 1.54) is 0 Å². The highest BCUT2D eigenvalue weighted by atomic mass is 35.5. The zero-order valence-electron chi connectivity index (χ0n) is 20.8. The van der Waals surface area contributed by atoms with Gasteiger partial charge < -0.3 is 15.2 Å². The number of rotatable bonds is 7. The number of pyridine rings is 1. The van der Waals surface area contributed by atoms with E-state index >= 15 is 0 Å². The van der Waals surface area contributed by atoms with E-state index in [2.05, 4.69) is 5.32 Å². The maximum Gasteiger partial charge on any atom is 0.337 e. The average Bonchev–Trinajstić information content (AvgIpc) is 2.65. The number of amides is 1. The van der Waals surface area contributed by atoms with Crippen LogP contribution in [0.5, 0.6) is 0 Å². The standard InChI is InChI=1S/C26H35ClN2O4/c1-15-19(14-28-20(30)13-25(3,4)5)29-16(2)22(23(24(31)32)33-26(6,7)8)21(15)17-9-11-18(27)12-10-17/h9-12,23H,13-14H2,1-8H3,(H,28,30)(H,31,32)/t23-/m0/s1. The summed E-state index contributed by atoms with van der Waals surface area (Å²) >= 11 is 6.10. The highest BCUT2D eigenvalue weighted by Crippen LogP contribution is 2.38. The molecule has 1 heterocycles. The van der Waals surface area contributed by atoms with Gasteiger partial charge in [0.1, 0.15) is 0 Å². The molecule has 0 aliphatic heterocycles. The van der Waals surface area contributed by atoms with E-state index in [9.17, 15) is 14.7 Å². The molecule has 1 aromatic carbocycles. The molecule has 1 amide bonds. The first-order valence-electron chi connectivity index (χ1n) is 11.0. The number of nitrogens with one attached hydrogen (secondary N) is 1. The highest BCUT2D eigenvalue weighted by Gasteiger charge is 2.32. The summed E-state index contributed by atoms with van der Waals surface area (Å²) in [7, 11) is 0. The molecular formula is C26H35ClN2O4. The number of nitrogens with zero attached hydrogens (tertiary/aromatic N) is 1. The molecule has 0 unspecified atom stereocenters. The molecule has 0 spiro atoms. The van der Waals surface area contributed by atoms with Crippen LogP contribution in [0.3, 0.4) is 0 Å². The lowest BCUT2D eigenvalue weighted by molar-refractivity contribution is -0.160. The van der Waals surface area contributed by atoms with Gasteiger partial charge in [0.15, 0.2) is 6.10 Å². The Morgan fingerprint density at radius 1 is 1.09 bits per heavy atom. The van der Waals surface area contributed by atoms with E-state index in [-0.39, 0.29) is 17.9 Å². The van der Waals surface area contributed by atoms with Crippen molar-refractivity contribution in [1.82, 2.24) is 10.3 Å². The van der Waals surface area contributed by atoms with Crippen LogP contribution in [0, 0.1) is 19.3 Å². The van der Waals surface area contributed by atoms with Gasteiger partial charge in [-0.2, -0.15) is 0 Å². The molecule has 2 aromatic rings. The van der Waals surface area contributed by atoms with Crippen LogP contribution in [0.1, 0.15) is 76.6 Å². The van der Waals surface area contributed by atoms with Crippen LogP contribution < -0.4 is 5.32 Å². The number of carboxylic acid groups (broad SMARTS) is 1. The monoisotopic (exact) mass is 474 g/mol. The number of halogens is 1. The number of carboxylic acids is 1. The summed E-state index contributed by atoms with van der Waals surface area (Å²) in [4.78, 5) is 29.4. The molecule has 0 bridgehead atoms. The molecule has 0 aliphatic rings. The number of ether oxygens (including phenoxy) is 1. The van der Waals surface area contributed by atoms with Crippen molar-refractivity contribution in [2.75, 3.05) is 0 Å². The molecule has 1 aromatic heterocycles. The molecule has 0 saturated carbocycles. The van der Waals surface area contributed by atoms with E-state index in [4.69, 9.17) is 21.3 Å². The third kappa shape index (κ3) is 7.54. The number of hydrogen-bond acceptors (Lipinski definition) is 4. The van der Waals surface area contributed by atoms with Gasteiger partial charge in [0.05, 0.1) is 17.8 Å². The molecule has 180 valence electrons. The van der Waals surface area contributed by atoms with Crippen molar-refractivity contribution in [3.05, 3.63) is 51.8 Å². The van der Waals surface area contributed by atoms with Gasteiger partial charge in [-0.3, -0.25) is 9.78 Å². The number of aryl methyl sites for hydroxylation is 1. The van der Waals surface area contributed by atoms with Gasteiger partial charge in [0.25, 0.3) is 0 Å². The summed E-state index contributed by atoms with van der Waals surface area (Å²) in [6.07, 6.45) is -0.806. The van der Waals surface area contributed by atoms with Gasteiger partial charge in [0.2, 0.25) is 5.91 Å². The maximum absolute atomic E-state index is 12.4. The zero-order valence-corrected chi connectivity index (χ0v) is 21.6. The van der Waals surface area contributed by atoms with Gasteiger partial charge in [-0.05, 0) is 68.9 Å². The van der Waals surface area contributed by atoms with Crippen LogP contribution in [0.15, 0.2) is 24.3 Å². The van der Waals surface area contributed by atoms with Crippen LogP contribution in [0.4, 0.5) is 0 Å². The Balaban J connectivity index is 2.63. The van der Waals surface area contributed by atoms with Gasteiger partial charge in [-0.15, -0.1) is 0 Å². The largest absolute Gasteiger partial charge is 0.479 e. The van der Waals surface area contributed by atoms with E-state index in [1.54, 1.807) is 19.1 Å². The summed E-state index contributed by atoms with van der Waals surface area (Å²) in [5.74, 6) is -1.14. The number of benzene rings is 1. The van der Waals surface area contributed by atoms with E-state index in [0.29, 0.717) is 28.4 Å². The molecule has 6 nitrogen and oxygen atoms in total. The third-order valence-corrected chi connectivity index (χ3v) is 5.26. The van der Waals surface area contributed by atoms with Crippen molar-refractivity contribution in [2.24, 2.45) is 5.41 Å². The minimum absolute atomic E-state index is 0.0575. The van der Waals surface area contributed by atoms with E-state index in [0.717, 1.165) is 16.7 Å². The topological polar surface area (TPSA) is 88.5 Å². The van der Waals surface area contributed by atoms with Gasteiger partial charge in [-0.25, -0.2) is 4.79 Å². The first-order valence-corrected chi connectivity index (χ1v) is 11.4.